The predicted octanol–water partition coefficient (Wildman–Crippen LogP) is 4.38. The van der Waals surface area contributed by atoms with Crippen LogP contribution in [0.3, 0.4) is 0 Å². The molecular weight excluding hydrogens is 394 g/mol. The predicted molar refractivity (Wildman–Crippen MR) is 96.5 cm³/mol. The Balaban J connectivity index is 1.63. The maximum absolute atomic E-state index is 12.1. The molecule has 2 aromatic rings. The zero-order valence-corrected chi connectivity index (χ0v) is 15.1. The summed E-state index contributed by atoms with van der Waals surface area (Å²) >= 11 is 9.18. The van der Waals surface area contributed by atoms with Gasteiger partial charge in [-0.05, 0) is 58.2 Å². The number of benzene rings is 2. The molecule has 0 spiro atoms. The molecule has 0 atom stereocenters. The minimum Gasteiger partial charge on any atom is -0.425 e. The van der Waals surface area contributed by atoms with E-state index < -0.39 is 0 Å². The minimum atomic E-state index is -0.358. The minimum absolute atomic E-state index is 0.148. The van der Waals surface area contributed by atoms with Gasteiger partial charge in [-0.2, -0.15) is 0 Å². The first-order valence-electron chi connectivity index (χ1n) is 7.58. The first-order chi connectivity index (χ1) is 11.5. The number of nitrogens with zero attached hydrogens (tertiary/aromatic N) is 1. The van der Waals surface area contributed by atoms with Crippen LogP contribution in [-0.4, -0.2) is 18.4 Å². The molecule has 0 unspecified atom stereocenters. The Morgan fingerprint density at radius 1 is 1.21 bits per heavy atom. The molecule has 1 aliphatic heterocycles. The Morgan fingerprint density at radius 2 is 1.96 bits per heavy atom. The number of carbonyl (C=O) groups excluding carboxylic acids is 2. The fraction of sp³-hybridized carbons (Fsp3) is 0.222. The van der Waals surface area contributed by atoms with Crippen LogP contribution in [0.4, 0.5) is 5.69 Å². The number of carbonyl (C=O) groups is 2. The van der Waals surface area contributed by atoms with Crippen molar-refractivity contribution in [2.45, 2.75) is 19.3 Å². The molecule has 4 nitrogen and oxygen atoms in total. The summed E-state index contributed by atoms with van der Waals surface area (Å²) in [6, 6.07) is 12.4. The van der Waals surface area contributed by atoms with E-state index in [1.54, 1.807) is 23.1 Å². The van der Waals surface area contributed by atoms with Crippen molar-refractivity contribution in [3.8, 4) is 5.75 Å². The number of rotatable bonds is 4. The van der Waals surface area contributed by atoms with Crippen LogP contribution in [0.2, 0.25) is 5.02 Å². The van der Waals surface area contributed by atoms with Crippen LogP contribution in [0.1, 0.15) is 18.4 Å². The van der Waals surface area contributed by atoms with E-state index in [1.807, 2.05) is 24.3 Å². The van der Waals surface area contributed by atoms with Crippen molar-refractivity contribution in [1.82, 2.24) is 0 Å². The highest BCUT2D eigenvalue weighted by Gasteiger charge is 2.21. The van der Waals surface area contributed by atoms with Gasteiger partial charge in [0.25, 0.3) is 0 Å². The molecule has 0 radical (unpaired) electrons. The van der Waals surface area contributed by atoms with Crippen LogP contribution in [0.15, 0.2) is 46.9 Å². The lowest BCUT2D eigenvalue weighted by Gasteiger charge is -2.15. The van der Waals surface area contributed by atoms with E-state index in [1.165, 1.54) is 0 Å². The van der Waals surface area contributed by atoms with Gasteiger partial charge in [-0.1, -0.05) is 23.7 Å². The van der Waals surface area contributed by atoms with Crippen molar-refractivity contribution >= 4 is 45.1 Å². The van der Waals surface area contributed by atoms with E-state index in [9.17, 15) is 9.59 Å². The monoisotopic (exact) mass is 407 g/mol. The number of anilines is 1. The third kappa shape index (κ3) is 3.97. The zero-order valence-electron chi connectivity index (χ0n) is 12.8. The van der Waals surface area contributed by atoms with Crippen LogP contribution in [0.5, 0.6) is 5.75 Å². The van der Waals surface area contributed by atoms with Gasteiger partial charge in [0.15, 0.2) is 0 Å². The van der Waals surface area contributed by atoms with Crippen molar-refractivity contribution in [2.75, 3.05) is 11.4 Å². The van der Waals surface area contributed by atoms with Gasteiger partial charge in [-0.3, -0.25) is 9.59 Å². The van der Waals surface area contributed by atoms with Crippen LogP contribution in [-0.2, 0) is 16.0 Å². The topological polar surface area (TPSA) is 46.6 Å². The highest BCUT2D eigenvalue weighted by Crippen LogP contribution is 2.28. The Bertz CT molecular complexity index is 776. The Labute approximate surface area is 153 Å². The first kappa shape index (κ1) is 17.0. The van der Waals surface area contributed by atoms with E-state index in [0.717, 1.165) is 24.2 Å². The van der Waals surface area contributed by atoms with Crippen molar-refractivity contribution in [1.29, 1.82) is 0 Å². The van der Waals surface area contributed by atoms with E-state index in [0.29, 0.717) is 21.7 Å². The zero-order chi connectivity index (χ0) is 17.1. The summed E-state index contributed by atoms with van der Waals surface area (Å²) in [6.07, 6.45) is 1.65. The van der Waals surface area contributed by atoms with Gasteiger partial charge in [0.2, 0.25) is 5.91 Å². The molecule has 0 aromatic heterocycles. The van der Waals surface area contributed by atoms with Crippen molar-refractivity contribution < 1.29 is 14.3 Å². The molecule has 1 fully saturated rings. The summed E-state index contributed by atoms with van der Waals surface area (Å²) in [6.45, 7) is 0.755. The van der Waals surface area contributed by atoms with Crippen molar-refractivity contribution in [3.05, 3.63) is 57.5 Å². The number of halogens is 2. The lowest BCUT2D eigenvalue weighted by Crippen LogP contribution is -2.23. The summed E-state index contributed by atoms with van der Waals surface area (Å²) in [5.41, 5.74) is 1.70. The fourth-order valence-corrected chi connectivity index (χ4v) is 3.36. The number of hydrogen-bond donors (Lipinski definition) is 0. The molecule has 1 aliphatic rings. The smallest absolute Gasteiger partial charge is 0.315 e. The Morgan fingerprint density at radius 3 is 2.58 bits per heavy atom. The van der Waals surface area contributed by atoms with Gasteiger partial charge in [-0.25, -0.2) is 0 Å². The Kier molecular flexibility index (Phi) is 5.21. The third-order valence-electron chi connectivity index (χ3n) is 3.79. The summed E-state index contributed by atoms with van der Waals surface area (Å²) < 4.78 is 5.97. The summed E-state index contributed by atoms with van der Waals surface area (Å²) in [5, 5.41) is 0.564. The molecule has 1 saturated heterocycles. The van der Waals surface area contributed by atoms with Gasteiger partial charge in [0, 0.05) is 23.7 Å². The number of ether oxygens (including phenoxy) is 1. The van der Waals surface area contributed by atoms with Crippen LogP contribution in [0.25, 0.3) is 0 Å². The van der Waals surface area contributed by atoms with Gasteiger partial charge >= 0.3 is 5.97 Å². The number of esters is 1. The van der Waals surface area contributed by atoms with E-state index in [-0.39, 0.29) is 18.3 Å². The molecule has 0 N–H and O–H groups in total. The quantitative estimate of drug-likeness (QED) is 0.557. The molecule has 24 heavy (non-hydrogen) atoms. The molecular formula is C18H15BrClNO3. The number of amides is 1. The summed E-state index contributed by atoms with van der Waals surface area (Å²) in [7, 11) is 0. The van der Waals surface area contributed by atoms with Crippen LogP contribution in [0, 0.1) is 0 Å². The number of hydrogen-bond acceptors (Lipinski definition) is 3. The largest absolute Gasteiger partial charge is 0.425 e. The highest BCUT2D eigenvalue weighted by atomic mass is 79.9. The van der Waals surface area contributed by atoms with E-state index in [2.05, 4.69) is 15.9 Å². The Hall–Kier alpha value is -1.85. The molecule has 0 aliphatic carbocycles. The lowest BCUT2D eigenvalue weighted by molar-refractivity contribution is -0.133. The van der Waals surface area contributed by atoms with E-state index >= 15 is 0 Å². The van der Waals surface area contributed by atoms with Gasteiger partial charge < -0.3 is 9.64 Å². The first-order valence-corrected chi connectivity index (χ1v) is 8.75. The normalized spacial score (nSPS) is 14.1. The third-order valence-corrected chi connectivity index (χ3v) is 4.64. The average Bonchev–Trinajstić information content (AvgIpc) is 2.97. The van der Waals surface area contributed by atoms with Gasteiger partial charge in [0.05, 0.1) is 10.9 Å². The van der Waals surface area contributed by atoms with Crippen molar-refractivity contribution in [3.63, 3.8) is 0 Å². The fourth-order valence-electron chi connectivity index (χ4n) is 2.60. The standard InChI is InChI=1S/C18H15BrClNO3/c19-15-11-13(20)5-8-16(15)24-18(23)10-12-3-6-14(7-4-12)21-9-1-2-17(21)22/h3-8,11H,1-2,9-10H2. The van der Waals surface area contributed by atoms with Crippen LogP contribution >= 0.6 is 27.5 Å². The average molecular weight is 409 g/mol. The maximum Gasteiger partial charge on any atom is 0.315 e. The maximum atomic E-state index is 12.1. The van der Waals surface area contributed by atoms with E-state index in [4.69, 9.17) is 16.3 Å². The van der Waals surface area contributed by atoms with Crippen LogP contribution < -0.4 is 9.64 Å². The summed E-state index contributed by atoms with van der Waals surface area (Å²) in [5.74, 6) is 0.224. The second-order valence-electron chi connectivity index (χ2n) is 5.54. The molecule has 1 heterocycles. The molecule has 0 saturated carbocycles. The molecule has 124 valence electrons. The molecule has 3 rings (SSSR count). The molecule has 6 heteroatoms. The SMILES string of the molecule is O=C(Cc1ccc(N2CCCC2=O)cc1)Oc1ccc(Cl)cc1Br. The highest BCUT2D eigenvalue weighted by molar-refractivity contribution is 9.10. The summed E-state index contributed by atoms with van der Waals surface area (Å²) in [4.78, 5) is 25.6. The lowest BCUT2D eigenvalue weighted by atomic mass is 10.1. The van der Waals surface area contributed by atoms with Gasteiger partial charge in [0.1, 0.15) is 5.75 Å². The van der Waals surface area contributed by atoms with Crippen molar-refractivity contribution in [2.24, 2.45) is 0 Å². The molecule has 0 bridgehead atoms. The second kappa shape index (κ2) is 7.36. The molecule has 2 aromatic carbocycles. The van der Waals surface area contributed by atoms with Gasteiger partial charge in [-0.15, -0.1) is 0 Å². The second-order valence-corrected chi connectivity index (χ2v) is 6.83. The molecule has 1 amide bonds.